The standard InChI is InChI=1S/C16H13ClN4O/c17-16-13(21-10-4-2-6-14(21)20-16)7-8-15(22)19-11-12-5-1-3-9-18-12/h1-10H,11H2,(H,19,22)/b8-7+. The Morgan fingerprint density at radius 3 is 2.95 bits per heavy atom. The third-order valence-electron chi connectivity index (χ3n) is 3.08. The second kappa shape index (κ2) is 6.41. The van der Waals surface area contributed by atoms with Crippen molar-refractivity contribution >= 4 is 29.2 Å². The molecule has 6 heteroatoms. The molecule has 0 spiro atoms. The summed E-state index contributed by atoms with van der Waals surface area (Å²) in [6, 6.07) is 11.2. The molecule has 110 valence electrons. The van der Waals surface area contributed by atoms with Crippen molar-refractivity contribution in [2.45, 2.75) is 6.54 Å². The summed E-state index contributed by atoms with van der Waals surface area (Å²) in [4.78, 5) is 20.2. The van der Waals surface area contributed by atoms with Crippen molar-refractivity contribution in [1.82, 2.24) is 19.7 Å². The first-order valence-corrected chi connectivity index (χ1v) is 7.10. The molecule has 0 aliphatic carbocycles. The second-order valence-corrected chi connectivity index (χ2v) is 4.95. The van der Waals surface area contributed by atoms with Crippen LogP contribution in [0, 0.1) is 0 Å². The van der Waals surface area contributed by atoms with Gasteiger partial charge in [-0.1, -0.05) is 23.7 Å². The van der Waals surface area contributed by atoms with E-state index in [0.29, 0.717) is 17.4 Å². The largest absolute Gasteiger partial charge is 0.347 e. The third kappa shape index (κ3) is 3.15. The number of amides is 1. The maximum atomic E-state index is 11.9. The van der Waals surface area contributed by atoms with E-state index in [1.54, 1.807) is 12.3 Å². The topological polar surface area (TPSA) is 59.3 Å². The smallest absolute Gasteiger partial charge is 0.244 e. The summed E-state index contributed by atoms with van der Waals surface area (Å²) in [6.07, 6.45) is 6.62. The molecule has 0 aromatic carbocycles. The predicted octanol–water partition coefficient (Wildman–Crippen LogP) is 2.71. The number of rotatable bonds is 4. The Morgan fingerprint density at radius 1 is 1.27 bits per heavy atom. The first kappa shape index (κ1) is 14.3. The number of nitrogens with zero attached hydrogens (tertiary/aromatic N) is 3. The van der Waals surface area contributed by atoms with Crippen molar-refractivity contribution in [3.8, 4) is 0 Å². The van der Waals surface area contributed by atoms with Gasteiger partial charge in [0.1, 0.15) is 5.65 Å². The van der Waals surface area contributed by atoms with E-state index in [4.69, 9.17) is 11.6 Å². The first-order valence-electron chi connectivity index (χ1n) is 6.72. The molecule has 22 heavy (non-hydrogen) atoms. The Labute approximate surface area is 132 Å². The zero-order valence-electron chi connectivity index (χ0n) is 11.6. The Balaban J connectivity index is 1.70. The van der Waals surface area contributed by atoms with Gasteiger partial charge in [-0.05, 0) is 30.3 Å². The van der Waals surface area contributed by atoms with E-state index in [2.05, 4.69) is 15.3 Å². The van der Waals surface area contributed by atoms with Gasteiger partial charge < -0.3 is 5.32 Å². The highest BCUT2D eigenvalue weighted by Crippen LogP contribution is 2.18. The molecule has 0 saturated carbocycles. The molecule has 0 bridgehead atoms. The molecule has 1 N–H and O–H groups in total. The first-order chi connectivity index (χ1) is 10.7. The van der Waals surface area contributed by atoms with Gasteiger partial charge in [0.15, 0.2) is 5.15 Å². The zero-order chi connectivity index (χ0) is 15.4. The molecule has 0 aliphatic rings. The molecule has 3 aromatic heterocycles. The summed E-state index contributed by atoms with van der Waals surface area (Å²) in [5, 5.41) is 3.13. The van der Waals surface area contributed by atoms with Crippen molar-refractivity contribution < 1.29 is 4.79 Å². The van der Waals surface area contributed by atoms with E-state index in [0.717, 1.165) is 11.3 Å². The second-order valence-electron chi connectivity index (χ2n) is 4.59. The summed E-state index contributed by atoms with van der Waals surface area (Å²) in [5.41, 5.74) is 2.21. The van der Waals surface area contributed by atoms with Crippen molar-refractivity contribution in [3.05, 3.63) is 71.4 Å². The van der Waals surface area contributed by atoms with Gasteiger partial charge in [0, 0.05) is 18.5 Å². The lowest BCUT2D eigenvalue weighted by Gasteiger charge is -2.01. The molecule has 0 atom stereocenters. The number of fused-ring (bicyclic) bond motifs is 1. The van der Waals surface area contributed by atoms with E-state index in [1.807, 2.05) is 47.0 Å². The fraction of sp³-hybridized carbons (Fsp3) is 0.0625. The van der Waals surface area contributed by atoms with E-state index in [9.17, 15) is 4.79 Å². The van der Waals surface area contributed by atoms with Crippen LogP contribution >= 0.6 is 11.6 Å². The minimum atomic E-state index is -0.215. The molecule has 0 unspecified atom stereocenters. The SMILES string of the molecule is O=C(/C=C/c1c(Cl)nc2ccccn12)NCc1ccccn1. The summed E-state index contributed by atoms with van der Waals surface area (Å²) in [6.45, 7) is 0.380. The molecular weight excluding hydrogens is 300 g/mol. The summed E-state index contributed by atoms with van der Waals surface area (Å²) in [7, 11) is 0. The van der Waals surface area contributed by atoms with Crippen LogP contribution in [0.25, 0.3) is 11.7 Å². The normalized spacial score (nSPS) is 11.1. The Morgan fingerprint density at radius 2 is 2.14 bits per heavy atom. The van der Waals surface area contributed by atoms with Crippen LogP contribution in [0.4, 0.5) is 0 Å². The minimum absolute atomic E-state index is 0.215. The van der Waals surface area contributed by atoms with E-state index >= 15 is 0 Å². The molecule has 3 rings (SSSR count). The van der Waals surface area contributed by atoms with Crippen LogP contribution < -0.4 is 5.32 Å². The van der Waals surface area contributed by atoms with Gasteiger partial charge in [-0.2, -0.15) is 0 Å². The van der Waals surface area contributed by atoms with Crippen molar-refractivity contribution in [3.63, 3.8) is 0 Å². The molecule has 1 amide bonds. The highest BCUT2D eigenvalue weighted by Gasteiger charge is 2.07. The number of aromatic nitrogens is 3. The Hall–Kier alpha value is -2.66. The van der Waals surface area contributed by atoms with Crippen molar-refractivity contribution in [2.75, 3.05) is 0 Å². The number of nitrogens with one attached hydrogen (secondary N) is 1. The predicted molar refractivity (Wildman–Crippen MR) is 85.3 cm³/mol. The maximum Gasteiger partial charge on any atom is 0.244 e. The molecule has 0 fully saturated rings. The minimum Gasteiger partial charge on any atom is -0.347 e. The number of hydrogen-bond acceptors (Lipinski definition) is 3. The van der Waals surface area contributed by atoms with Crippen LogP contribution in [-0.2, 0) is 11.3 Å². The third-order valence-corrected chi connectivity index (χ3v) is 3.36. The average Bonchev–Trinajstić information content (AvgIpc) is 2.87. The van der Waals surface area contributed by atoms with Crippen molar-refractivity contribution in [2.24, 2.45) is 0 Å². The summed E-state index contributed by atoms with van der Waals surface area (Å²) in [5.74, 6) is -0.215. The fourth-order valence-corrected chi connectivity index (χ4v) is 2.27. The van der Waals surface area contributed by atoms with Gasteiger partial charge in [0.05, 0.1) is 17.9 Å². The molecular formula is C16H13ClN4O. The molecule has 5 nitrogen and oxygen atoms in total. The Kier molecular flexibility index (Phi) is 4.16. The molecule has 3 heterocycles. The van der Waals surface area contributed by atoms with E-state index < -0.39 is 0 Å². The van der Waals surface area contributed by atoms with Gasteiger partial charge in [0.2, 0.25) is 5.91 Å². The number of imidazole rings is 1. The van der Waals surface area contributed by atoms with Crippen LogP contribution in [0.3, 0.4) is 0 Å². The quantitative estimate of drug-likeness (QED) is 0.754. The number of hydrogen-bond donors (Lipinski definition) is 1. The van der Waals surface area contributed by atoms with Gasteiger partial charge in [-0.25, -0.2) is 4.98 Å². The summed E-state index contributed by atoms with van der Waals surface area (Å²) >= 11 is 6.10. The van der Waals surface area contributed by atoms with Crippen LogP contribution in [0.15, 0.2) is 54.9 Å². The van der Waals surface area contributed by atoms with Gasteiger partial charge in [-0.3, -0.25) is 14.2 Å². The highest BCUT2D eigenvalue weighted by molar-refractivity contribution is 6.31. The monoisotopic (exact) mass is 312 g/mol. The van der Waals surface area contributed by atoms with Crippen molar-refractivity contribution in [1.29, 1.82) is 0 Å². The van der Waals surface area contributed by atoms with Crippen LogP contribution in [0.2, 0.25) is 5.15 Å². The fourth-order valence-electron chi connectivity index (χ4n) is 2.03. The van der Waals surface area contributed by atoms with Gasteiger partial charge >= 0.3 is 0 Å². The highest BCUT2D eigenvalue weighted by atomic mass is 35.5. The molecule has 0 aliphatic heterocycles. The number of halogens is 1. The summed E-state index contributed by atoms with van der Waals surface area (Å²) < 4.78 is 1.82. The number of pyridine rings is 2. The van der Waals surface area contributed by atoms with E-state index in [1.165, 1.54) is 6.08 Å². The Bertz CT molecular complexity index is 827. The maximum absolute atomic E-state index is 11.9. The van der Waals surface area contributed by atoms with Crippen LogP contribution in [0.5, 0.6) is 0 Å². The van der Waals surface area contributed by atoms with Crippen LogP contribution in [-0.4, -0.2) is 20.3 Å². The van der Waals surface area contributed by atoms with Crippen LogP contribution in [0.1, 0.15) is 11.4 Å². The van der Waals surface area contributed by atoms with E-state index in [-0.39, 0.29) is 5.91 Å². The van der Waals surface area contributed by atoms with Gasteiger partial charge in [-0.15, -0.1) is 0 Å². The van der Waals surface area contributed by atoms with Gasteiger partial charge in [0.25, 0.3) is 0 Å². The number of carbonyl (C=O) groups is 1. The average molecular weight is 313 g/mol. The molecule has 0 radical (unpaired) electrons. The molecule has 3 aromatic rings. The zero-order valence-corrected chi connectivity index (χ0v) is 12.4. The lowest BCUT2D eigenvalue weighted by Crippen LogP contribution is -2.20. The lowest BCUT2D eigenvalue weighted by atomic mass is 10.3. The lowest BCUT2D eigenvalue weighted by molar-refractivity contribution is -0.116. The molecule has 0 saturated heterocycles. The number of carbonyl (C=O) groups excluding carboxylic acids is 1.